The van der Waals surface area contributed by atoms with Gasteiger partial charge < -0.3 is 11.1 Å². The SMILES string of the molecule is NC1CCCC(Nc2cnc(Cl)c(Br)c2)C1. The summed E-state index contributed by atoms with van der Waals surface area (Å²) in [6, 6.07) is 2.74. The van der Waals surface area contributed by atoms with Crippen LogP contribution in [0, 0.1) is 0 Å². The van der Waals surface area contributed by atoms with Crippen LogP contribution in [0.4, 0.5) is 5.69 Å². The lowest BCUT2D eigenvalue weighted by Crippen LogP contribution is -2.34. The summed E-state index contributed by atoms with van der Waals surface area (Å²) in [5.41, 5.74) is 6.94. The molecule has 1 aliphatic carbocycles. The highest BCUT2D eigenvalue weighted by Gasteiger charge is 2.19. The molecule has 2 unspecified atom stereocenters. The minimum absolute atomic E-state index is 0.329. The van der Waals surface area contributed by atoms with E-state index in [-0.39, 0.29) is 0 Å². The van der Waals surface area contributed by atoms with Gasteiger partial charge in [0.15, 0.2) is 0 Å². The van der Waals surface area contributed by atoms with Crippen molar-refractivity contribution in [2.24, 2.45) is 5.73 Å². The van der Waals surface area contributed by atoms with Gasteiger partial charge in [0.25, 0.3) is 0 Å². The Hall–Kier alpha value is -0.320. The molecule has 0 saturated heterocycles. The number of nitrogens with two attached hydrogens (primary N) is 1. The Morgan fingerprint density at radius 1 is 1.50 bits per heavy atom. The molecule has 1 aromatic rings. The maximum atomic E-state index is 5.95. The number of aromatic nitrogens is 1. The average molecular weight is 305 g/mol. The molecule has 1 aliphatic rings. The van der Waals surface area contributed by atoms with Gasteiger partial charge in [-0.2, -0.15) is 0 Å². The second-order valence-electron chi connectivity index (χ2n) is 4.26. The average Bonchev–Trinajstić information content (AvgIpc) is 2.24. The van der Waals surface area contributed by atoms with Crippen LogP contribution in [0.1, 0.15) is 25.7 Å². The van der Waals surface area contributed by atoms with Gasteiger partial charge in [0.05, 0.1) is 16.4 Å². The zero-order chi connectivity index (χ0) is 11.5. The first kappa shape index (κ1) is 12.1. The molecule has 0 spiro atoms. The fourth-order valence-electron chi connectivity index (χ4n) is 2.09. The van der Waals surface area contributed by atoms with Crippen molar-refractivity contribution in [2.45, 2.75) is 37.8 Å². The van der Waals surface area contributed by atoms with Gasteiger partial charge in [0, 0.05) is 12.1 Å². The second-order valence-corrected chi connectivity index (χ2v) is 5.48. The van der Waals surface area contributed by atoms with E-state index in [2.05, 4.69) is 26.2 Å². The molecule has 1 heterocycles. The first-order valence-electron chi connectivity index (χ1n) is 5.48. The normalized spacial score (nSPS) is 25.4. The van der Waals surface area contributed by atoms with E-state index < -0.39 is 0 Å². The monoisotopic (exact) mass is 303 g/mol. The number of nitrogens with one attached hydrogen (secondary N) is 1. The van der Waals surface area contributed by atoms with Crippen molar-refractivity contribution in [1.82, 2.24) is 4.98 Å². The third kappa shape index (κ3) is 3.09. The Bertz CT molecular complexity index is 372. The highest BCUT2D eigenvalue weighted by atomic mass is 79.9. The van der Waals surface area contributed by atoms with Crippen LogP contribution in [0.25, 0.3) is 0 Å². The Morgan fingerprint density at radius 3 is 3.00 bits per heavy atom. The summed E-state index contributed by atoms with van der Waals surface area (Å²) < 4.78 is 0.819. The van der Waals surface area contributed by atoms with Crippen LogP contribution in [0.5, 0.6) is 0 Å². The molecule has 0 bridgehead atoms. The van der Waals surface area contributed by atoms with Gasteiger partial charge in [-0.25, -0.2) is 4.98 Å². The second kappa shape index (κ2) is 5.34. The van der Waals surface area contributed by atoms with Crippen molar-refractivity contribution in [2.75, 3.05) is 5.32 Å². The third-order valence-electron chi connectivity index (χ3n) is 2.88. The third-order valence-corrected chi connectivity index (χ3v) is 4.02. The number of hydrogen-bond donors (Lipinski definition) is 2. The molecule has 0 aliphatic heterocycles. The van der Waals surface area contributed by atoms with Crippen molar-refractivity contribution in [3.63, 3.8) is 0 Å². The number of rotatable bonds is 2. The zero-order valence-corrected chi connectivity index (χ0v) is 11.3. The van der Waals surface area contributed by atoms with E-state index in [4.69, 9.17) is 17.3 Å². The molecule has 0 aromatic carbocycles. The lowest BCUT2D eigenvalue weighted by molar-refractivity contribution is 0.409. The molecule has 3 N–H and O–H groups in total. The van der Waals surface area contributed by atoms with Gasteiger partial charge in [-0.1, -0.05) is 11.6 Å². The van der Waals surface area contributed by atoms with Gasteiger partial charge in [0.2, 0.25) is 0 Å². The van der Waals surface area contributed by atoms with Gasteiger partial charge in [-0.05, 0) is 47.7 Å². The molecule has 1 saturated carbocycles. The standard InChI is InChI=1S/C11H15BrClN3/c12-10-5-9(6-15-11(10)13)16-8-3-1-2-7(14)4-8/h5-8,16H,1-4,14H2. The van der Waals surface area contributed by atoms with Gasteiger partial charge >= 0.3 is 0 Å². The van der Waals surface area contributed by atoms with E-state index in [1.165, 1.54) is 12.8 Å². The van der Waals surface area contributed by atoms with Crippen molar-refractivity contribution in [3.05, 3.63) is 21.9 Å². The molecule has 2 atom stereocenters. The van der Waals surface area contributed by atoms with Crippen LogP contribution in [0.15, 0.2) is 16.7 Å². The highest BCUT2D eigenvalue weighted by molar-refractivity contribution is 9.10. The van der Waals surface area contributed by atoms with E-state index >= 15 is 0 Å². The van der Waals surface area contributed by atoms with Crippen LogP contribution in [0.3, 0.4) is 0 Å². The summed E-state index contributed by atoms with van der Waals surface area (Å²) in [5, 5.41) is 3.94. The van der Waals surface area contributed by atoms with Crippen LogP contribution >= 0.6 is 27.5 Å². The van der Waals surface area contributed by atoms with Crippen molar-refractivity contribution in [1.29, 1.82) is 0 Å². The molecule has 1 aromatic heterocycles. The molecule has 3 nitrogen and oxygen atoms in total. The van der Waals surface area contributed by atoms with Crippen LogP contribution in [-0.2, 0) is 0 Å². The van der Waals surface area contributed by atoms with E-state index in [9.17, 15) is 0 Å². The molecule has 0 radical (unpaired) electrons. The van der Waals surface area contributed by atoms with E-state index in [1.54, 1.807) is 6.20 Å². The lowest BCUT2D eigenvalue weighted by atomic mass is 9.91. The summed E-state index contributed by atoms with van der Waals surface area (Å²) >= 11 is 9.20. The predicted octanol–water partition coefficient (Wildman–Crippen LogP) is 3.18. The van der Waals surface area contributed by atoms with Gasteiger partial charge in [-0.15, -0.1) is 0 Å². The van der Waals surface area contributed by atoms with Crippen molar-refractivity contribution in [3.8, 4) is 0 Å². The summed E-state index contributed by atoms with van der Waals surface area (Å²) in [7, 11) is 0. The number of nitrogens with zero attached hydrogens (tertiary/aromatic N) is 1. The number of pyridine rings is 1. The van der Waals surface area contributed by atoms with Crippen molar-refractivity contribution < 1.29 is 0 Å². The first-order valence-corrected chi connectivity index (χ1v) is 6.65. The highest BCUT2D eigenvalue weighted by Crippen LogP contribution is 2.25. The van der Waals surface area contributed by atoms with Gasteiger partial charge in [-0.3, -0.25) is 0 Å². The van der Waals surface area contributed by atoms with Crippen LogP contribution < -0.4 is 11.1 Å². The molecule has 2 rings (SSSR count). The molecule has 5 heteroatoms. The van der Waals surface area contributed by atoms with Crippen LogP contribution in [-0.4, -0.2) is 17.1 Å². The zero-order valence-electron chi connectivity index (χ0n) is 8.92. The summed E-state index contributed by atoms with van der Waals surface area (Å²) in [6.07, 6.45) is 6.29. The fraction of sp³-hybridized carbons (Fsp3) is 0.545. The Kier molecular flexibility index (Phi) is 4.05. The Balaban J connectivity index is 2.00. The molecular formula is C11H15BrClN3. The Morgan fingerprint density at radius 2 is 2.31 bits per heavy atom. The summed E-state index contributed by atoms with van der Waals surface area (Å²) in [6.45, 7) is 0. The van der Waals surface area contributed by atoms with E-state index in [1.807, 2.05) is 6.07 Å². The summed E-state index contributed by atoms with van der Waals surface area (Å²) in [4.78, 5) is 4.09. The van der Waals surface area contributed by atoms with E-state index in [0.717, 1.165) is 23.0 Å². The molecule has 16 heavy (non-hydrogen) atoms. The summed E-state index contributed by atoms with van der Waals surface area (Å²) in [5.74, 6) is 0. The molecular weight excluding hydrogens is 289 g/mol. The lowest BCUT2D eigenvalue weighted by Gasteiger charge is -2.28. The molecule has 88 valence electrons. The maximum absolute atomic E-state index is 5.95. The first-order chi connectivity index (χ1) is 7.65. The van der Waals surface area contributed by atoms with Gasteiger partial charge in [0.1, 0.15) is 5.15 Å². The number of hydrogen-bond acceptors (Lipinski definition) is 3. The number of halogens is 2. The predicted molar refractivity (Wildman–Crippen MR) is 70.8 cm³/mol. The molecule has 0 amide bonds. The van der Waals surface area contributed by atoms with Crippen molar-refractivity contribution >= 4 is 33.2 Å². The smallest absolute Gasteiger partial charge is 0.143 e. The fourth-order valence-corrected chi connectivity index (χ4v) is 2.55. The number of anilines is 1. The minimum Gasteiger partial charge on any atom is -0.381 e. The van der Waals surface area contributed by atoms with E-state index in [0.29, 0.717) is 17.2 Å². The maximum Gasteiger partial charge on any atom is 0.143 e. The Labute approximate surface area is 109 Å². The minimum atomic E-state index is 0.329. The quantitative estimate of drug-likeness (QED) is 0.825. The topological polar surface area (TPSA) is 50.9 Å². The largest absolute Gasteiger partial charge is 0.381 e. The molecule has 1 fully saturated rings. The van der Waals surface area contributed by atoms with Crippen LogP contribution in [0.2, 0.25) is 5.15 Å².